The molecule has 34 heavy (non-hydrogen) atoms. The van der Waals surface area contributed by atoms with E-state index in [1.54, 1.807) is 28.9 Å². The molecule has 176 valence electrons. The molecule has 6 heteroatoms. The van der Waals surface area contributed by atoms with Gasteiger partial charge in [-0.15, -0.1) is 0 Å². The minimum Gasteiger partial charge on any atom is -0.444 e. The molecular weight excluding hydrogens is 428 g/mol. The van der Waals surface area contributed by atoms with Crippen LogP contribution in [-0.4, -0.2) is 39.6 Å². The van der Waals surface area contributed by atoms with E-state index in [1.165, 1.54) is 0 Å². The summed E-state index contributed by atoms with van der Waals surface area (Å²) in [4.78, 5) is 30.1. The van der Waals surface area contributed by atoms with E-state index >= 15 is 0 Å². The molecule has 0 unspecified atom stereocenters. The predicted molar refractivity (Wildman–Crippen MR) is 129 cm³/mol. The van der Waals surface area contributed by atoms with Gasteiger partial charge in [-0.3, -0.25) is 9.69 Å². The molecule has 0 radical (unpaired) electrons. The predicted octanol–water partition coefficient (Wildman–Crippen LogP) is 4.92. The Balaban J connectivity index is 1.62. The lowest BCUT2D eigenvalue weighted by molar-refractivity contribution is -0.156. The quantitative estimate of drug-likeness (QED) is 0.569. The van der Waals surface area contributed by atoms with E-state index in [2.05, 4.69) is 0 Å². The molecule has 4 atom stereocenters. The molecule has 1 heterocycles. The number of carbonyl (C=O) groups is 2. The van der Waals surface area contributed by atoms with Gasteiger partial charge in [0.25, 0.3) is 0 Å². The number of nitrogens with zero attached hydrogens (tertiary/aromatic N) is 2. The maximum absolute atomic E-state index is 13.7. The van der Waals surface area contributed by atoms with E-state index in [0.717, 1.165) is 11.1 Å². The van der Waals surface area contributed by atoms with Crippen LogP contribution in [0.1, 0.15) is 42.7 Å². The zero-order valence-electron chi connectivity index (χ0n) is 19.5. The van der Waals surface area contributed by atoms with Crippen molar-refractivity contribution >= 4 is 12.0 Å². The number of ether oxygens (including phenoxy) is 1. The van der Waals surface area contributed by atoms with E-state index in [1.807, 2.05) is 85.8 Å². The highest BCUT2D eigenvalue weighted by atomic mass is 16.6. The van der Waals surface area contributed by atoms with Crippen molar-refractivity contribution in [1.82, 2.24) is 9.80 Å². The number of rotatable bonds is 6. The molecule has 1 N–H and O–H groups in total. The number of hydrogen-bond acceptors (Lipinski definition) is 4. The highest BCUT2D eigenvalue weighted by Crippen LogP contribution is 2.36. The number of aliphatic hydroxyl groups excluding tert-OH is 1. The van der Waals surface area contributed by atoms with Crippen LogP contribution in [0.5, 0.6) is 0 Å². The summed E-state index contributed by atoms with van der Waals surface area (Å²) in [6.07, 6.45) is -1.57. The Hall–Kier alpha value is -3.64. The van der Waals surface area contributed by atoms with Gasteiger partial charge in [-0.2, -0.15) is 0 Å². The van der Waals surface area contributed by atoms with Crippen molar-refractivity contribution in [2.45, 2.75) is 38.6 Å². The molecule has 3 aromatic carbocycles. The fraction of sp³-hybridized carbons (Fsp3) is 0.286. The van der Waals surface area contributed by atoms with Gasteiger partial charge in [-0.1, -0.05) is 91.0 Å². The lowest BCUT2D eigenvalue weighted by atomic mass is 9.85. The average Bonchev–Trinajstić information content (AvgIpc) is 2.88. The van der Waals surface area contributed by atoms with Crippen molar-refractivity contribution in [2.24, 2.45) is 5.92 Å². The smallest absolute Gasteiger partial charge is 0.411 e. The second-order valence-corrected chi connectivity index (χ2v) is 8.67. The maximum Gasteiger partial charge on any atom is 0.411 e. The number of amides is 2. The van der Waals surface area contributed by atoms with Gasteiger partial charge in [-0.25, -0.2) is 4.79 Å². The third kappa shape index (κ3) is 4.97. The van der Waals surface area contributed by atoms with Gasteiger partial charge < -0.3 is 14.7 Å². The van der Waals surface area contributed by atoms with Gasteiger partial charge in [0.1, 0.15) is 6.61 Å². The largest absolute Gasteiger partial charge is 0.444 e. The Labute approximate surface area is 200 Å². The lowest BCUT2D eigenvalue weighted by Gasteiger charge is -2.47. The molecule has 0 bridgehead atoms. The normalized spacial score (nSPS) is 20.0. The molecule has 0 saturated carbocycles. The lowest BCUT2D eigenvalue weighted by Crippen LogP contribution is -2.61. The summed E-state index contributed by atoms with van der Waals surface area (Å²) in [5, 5.41) is 11.2. The molecule has 6 nitrogen and oxygen atoms in total. The third-order valence-electron chi connectivity index (χ3n) is 6.55. The van der Waals surface area contributed by atoms with Crippen LogP contribution in [0, 0.1) is 5.92 Å². The van der Waals surface area contributed by atoms with Crippen LogP contribution in [0.3, 0.4) is 0 Å². The third-order valence-corrected chi connectivity index (χ3v) is 6.55. The summed E-state index contributed by atoms with van der Waals surface area (Å²) in [5.41, 5.74) is 2.47. The van der Waals surface area contributed by atoms with Crippen molar-refractivity contribution in [3.8, 4) is 0 Å². The molecule has 1 fully saturated rings. The van der Waals surface area contributed by atoms with Gasteiger partial charge in [0.05, 0.1) is 24.7 Å². The highest BCUT2D eigenvalue weighted by Gasteiger charge is 2.46. The van der Waals surface area contributed by atoms with Crippen molar-refractivity contribution in [1.29, 1.82) is 0 Å². The standard InChI is InChI=1S/C28H30N2O4/c1-20(23-14-8-4-9-15-23)29-19-30(28(33)34-18-22-12-6-3-7-13-22)21(2)25(27(29)32)26(31)24-16-10-5-11-17-24/h3-17,20-21,25-26,31H,18-19H2,1-2H3/t20-,21-,25+,26+/m0/s1. The zero-order chi connectivity index (χ0) is 24.1. The molecule has 0 aromatic heterocycles. The van der Waals surface area contributed by atoms with Crippen molar-refractivity contribution in [3.05, 3.63) is 108 Å². The Morgan fingerprint density at radius 1 is 0.941 bits per heavy atom. The first-order chi connectivity index (χ1) is 16.5. The number of benzene rings is 3. The zero-order valence-corrected chi connectivity index (χ0v) is 19.5. The van der Waals surface area contributed by atoms with Crippen LogP contribution in [0.4, 0.5) is 4.79 Å². The number of carbonyl (C=O) groups excluding carboxylic acids is 2. The summed E-state index contributed by atoms with van der Waals surface area (Å²) < 4.78 is 5.61. The summed E-state index contributed by atoms with van der Waals surface area (Å²) >= 11 is 0. The Kier molecular flexibility index (Phi) is 7.28. The van der Waals surface area contributed by atoms with Crippen molar-refractivity contribution < 1.29 is 19.4 Å². The fourth-order valence-corrected chi connectivity index (χ4v) is 4.46. The van der Waals surface area contributed by atoms with E-state index in [-0.39, 0.29) is 25.2 Å². The Morgan fingerprint density at radius 3 is 2.06 bits per heavy atom. The van der Waals surface area contributed by atoms with Gasteiger partial charge in [0.2, 0.25) is 5.91 Å². The van der Waals surface area contributed by atoms with Crippen molar-refractivity contribution in [2.75, 3.05) is 6.67 Å². The second kappa shape index (κ2) is 10.5. The van der Waals surface area contributed by atoms with Gasteiger partial charge in [0, 0.05) is 6.04 Å². The summed E-state index contributed by atoms with van der Waals surface area (Å²) in [6, 6.07) is 27.4. The average molecular weight is 459 g/mol. The summed E-state index contributed by atoms with van der Waals surface area (Å²) in [5.74, 6) is -1.01. The van der Waals surface area contributed by atoms with E-state index in [4.69, 9.17) is 4.74 Å². The van der Waals surface area contributed by atoms with Gasteiger partial charge in [0.15, 0.2) is 0 Å². The van der Waals surface area contributed by atoms with Crippen LogP contribution < -0.4 is 0 Å². The first kappa shape index (κ1) is 23.5. The van der Waals surface area contributed by atoms with Crippen LogP contribution in [-0.2, 0) is 16.1 Å². The molecule has 1 saturated heterocycles. The molecule has 0 spiro atoms. The fourth-order valence-electron chi connectivity index (χ4n) is 4.46. The molecule has 2 amide bonds. The number of aliphatic hydroxyl groups is 1. The molecule has 1 aliphatic rings. The van der Waals surface area contributed by atoms with Crippen LogP contribution in [0.2, 0.25) is 0 Å². The summed E-state index contributed by atoms with van der Waals surface area (Å²) in [7, 11) is 0. The molecular formula is C28H30N2O4. The summed E-state index contributed by atoms with van der Waals surface area (Å²) in [6.45, 7) is 3.95. The monoisotopic (exact) mass is 458 g/mol. The van der Waals surface area contributed by atoms with E-state index < -0.39 is 24.2 Å². The molecule has 1 aliphatic heterocycles. The minimum atomic E-state index is -1.06. The van der Waals surface area contributed by atoms with Gasteiger partial charge >= 0.3 is 6.09 Å². The topological polar surface area (TPSA) is 70.1 Å². The second-order valence-electron chi connectivity index (χ2n) is 8.67. The minimum absolute atomic E-state index is 0.0850. The first-order valence-electron chi connectivity index (χ1n) is 11.5. The van der Waals surface area contributed by atoms with Crippen LogP contribution >= 0.6 is 0 Å². The maximum atomic E-state index is 13.7. The van der Waals surface area contributed by atoms with E-state index in [9.17, 15) is 14.7 Å². The van der Waals surface area contributed by atoms with Crippen LogP contribution in [0.25, 0.3) is 0 Å². The molecule has 0 aliphatic carbocycles. The van der Waals surface area contributed by atoms with Gasteiger partial charge in [-0.05, 0) is 30.5 Å². The highest BCUT2D eigenvalue weighted by molar-refractivity contribution is 5.83. The SMILES string of the molecule is C[C@@H](c1ccccc1)N1CN(C(=O)OCc2ccccc2)[C@@H](C)[C@H]([C@H](O)c2ccccc2)C1=O. The Bertz CT molecular complexity index is 1090. The molecule has 4 rings (SSSR count). The van der Waals surface area contributed by atoms with Crippen LogP contribution in [0.15, 0.2) is 91.0 Å². The van der Waals surface area contributed by atoms with E-state index in [0.29, 0.717) is 5.56 Å². The van der Waals surface area contributed by atoms with Crippen molar-refractivity contribution in [3.63, 3.8) is 0 Å². The Morgan fingerprint density at radius 2 is 1.47 bits per heavy atom. The number of hydrogen-bond donors (Lipinski definition) is 1. The molecule has 3 aromatic rings. The first-order valence-corrected chi connectivity index (χ1v) is 11.5.